The van der Waals surface area contributed by atoms with E-state index >= 15 is 0 Å². The molecule has 2 aliphatic rings. The van der Waals surface area contributed by atoms with Gasteiger partial charge in [-0.2, -0.15) is 0 Å². The van der Waals surface area contributed by atoms with E-state index in [1.165, 1.54) is 6.92 Å². The van der Waals surface area contributed by atoms with Crippen LogP contribution in [0.25, 0.3) is 0 Å². The molecule has 0 spiro atoms. The molecule has 8 nitrogen and oxygen atoms in total. The van der Waals surface area contributed by atoms with Gasteiger partial charge in [-0.25, -0.2) is 0 Å². The Morgan fingerprint density at radius 1 is 1.07 bits per heavy atom. The molecule has 2 aliphatic heterocycles. The van der Waals surface area contributed by atoms with E-state index < -0.39 is 17.7 Å². The molecule has 4 rings (SSSR count). The number of fused-ring (bicyclic) bond motifs is 2. The fourth-order valence-corrected chi connectivity index (χ4v) is 3.35. The van der Waals surface area contributed by atoms with Crippen LogP contribution < -0.4 is 15.0 Å². The van der Waals surface area contributed by atoms with E-state index in [4.69, 9.17) is 4.74 Å². The van der Waals surface area contributed by atoms with Crippen molar-refractivity contribution >= 4 is 35.0 Å². The molecule has 0 saturated carbocycles. The van der Waals surface area contributed by atoms with Crippen LogP contribution in [0.1, 0.15) is 27.6 Å². The monoisotopic (exact) mass is 379 g/mol. The third-order valence-electron chi connectivity index (χ3n) is 4.67. The van der Waals surface area contributed by atoms with Gasteiger partial charge in [0.2, 0.25) is 11.8 Å². The predicted molar refractivity (Wildman–Crippen MR) is 100 cm³/mol. The van der Waals surface area contributed by atoms with Gasteiger partial charge in [-0.1, -0.05) is 12.1 Å². The van der Waals surface area contributed by atoms with Crippen LogP contribution in [-0.4, -0.2) is 48.2 Å². The van der Waals surface area contributed by atoms with Crippen LogP contribution in [0.15, 0.2) is 42.5 Å². The minimum atomic E-state index is -0.506. The van der Waals surface area contributed by atoms with Crippen LogP contribution >= 0.6 is 0 Å². The number of benzene rings is 2. The molecule has 0 atom stereocenters. The van der Waals surface area contributed by atoms with E-state index in [-0.39, 0.29) is 12.5 Å². The lowest BCUT2D eigenvalue weighted by Gasteiger charge is -2.29. The largest absolute Gasteiger partial charge is 0.489 e. The maximum atomic E-state index is 12.4. The highest BCUT2D eigenvalue weighted by molar-refractivity contribution is 6.22. The first-order chi connectivity index (χ1) is 13.5. The zero-order valence-electron chi connectivity index (χ0n) is 15.1. The number of amides is 4. The normalized spacial score (nSPS) is 15.0. The number of hydrogen-bond donors (Lipinski definition) is 1. The molecule has 8 heteroatoms. The first kappa shape index (κ1) is 17.7. The van der Waals surface area contributed by atoms with Crippen LogP contribution in [0.3, 0.4) is 0 Å². The molecule has 28 heavy (non-hydrogen) atoms. The quantitative estimate of drug-likeness (QED) is 0.819. The van der Waals surface area contributed by atoms with E-state index in [0.29, 0.717) is 41.4 Å². The van der Waals surface area contributed by atoms with E-state index in [1.54, 1.807) is 47.4 Å². The molecule has 0 bridgehead atoms. The van der Waals surface area contributed by atoms with E-state index in [2.05, 4.69) is 5.32 Å². The Bertz CT molecular complexity index is 982. The maximum Gasteiger partial charge on any atom is 0.262 e. The summed E-state index contributed by atoms with van der Waals surface area (Å²) in [6.07, 6.45) is 0. The Labute approximate surface area is 160 Å². The van der Waals surface area contributed by atoms with E-state index in [0.717, 1.165) is 4.90 Å². The fourth-order valence-electron chi connectivity index (χ4n) is 3.35. The topological polar surface area (TPSA) is 96.0 Å². The van der Waals surface area contributed by atoms with Gasteiger partial charge in [0, 0.05) is 18.7 Å². The lowest BCUT2D eigenvalue weighted by Crippen LogP contribution is -2.37. The maximum absolute atomic E-state index is 12.4. The van der Waals surface area contributed by atoms with Gasteiger partial charge in [0.05, 0.1) is 23.4 Å². The SMILES string of the molecule is CC(=O)N1CCOc2cc(NC(=O)CN3C(=O)c4ccccc4C3=O)ccc21. The second-order valence-corrected chi connectivity index (χ2v) is 6.49. The molecule has 0 aliphatic carbocycles. The number of hydrogen-bond acceptors (Lipinski definition) is 5. The van der Waals surface area contributed by atoms with E-state index in [9.17, 15) is 19.2 Å². The Hall–Kier alpha value is -3.68. The third-order valence-corrected chi connectivity index (χ3v) is 4.67. The standard InChI is InChI=1S/C20H17N3O5/c1-12(24)22-8-9-28-17-10-13(6-7-16(17)22)21-18(25)11-23-19(26)14-4-2-3-5-15(14)20(23)27/h2-7,10H,8-9,11H2,1H3,(H,21,25). The Kier molecular flexibility index (Phi) is 4.31. The first-order valence-electron chi connectivity index (χ1n) is 8.76. The van der Waals surface area contributed by atoms with Crippen LogP contribution in [-0.2, 0) is 9.59 Å². The highest BCUT2D eigenvalue weighted by Crippen LogP contribution is 2.34. The van der Waals surface area contributed by atoms with Crippen LogP contribution in [0.4, 0.5) is 11.4 Å². The van der Waals surface area contributed by atoms with Gasteiger partial charge in [-0.05, 0) is 24.3 Å². The zero-order valence-corrected chi connectivity index (χ0v) is 15.1. The minimum absolute atomic E-state index is 0.0908. The van der Waals surface area contributed by atoms with Gasteiger partial charge in [0.25, 0.3) is 11.8 Å². The molecular formula is C20H17N3O5. The molecule has 1 N–H and O–H groups in total. The molecule has 2 aromatic carbocycles. The summed E-state index contributed by atoms with van der Waals surface area (Å²) in [4.78, 5) is 51.3. The fraction of sp³-hybridized carbons (Fsp3) is 0.200. The van der Waals surface area contributed by atoms with Crippen molar-refractivity contribution in [3.8, 4) is 5.75 Å². The van der Waals surface area contributed by atoms with Crippen LogP contribution in [0, 0.1) is 0 Å². The van der Waals surface area contributed by atoms with Crippen molar-refractivity contribution in [3.63, 3.8) is 0 Å². The Morgan fingerprint density at radius 3 is 2.39 bits per heavy atom. The average molecular weight is 379 g/mol. The van der Waals surface area contributed by atoms with Crippen LogP contribution in [0.2, 0.25) is 0 Å². The van der Waals surface area contributed by atoms with Gasteiger partial charge in [-0.3, -0.25) is 24.1 Å². The Balaban J connectivity index is 1.47. The first-order valence-corrected chi connectivity index (χ1v) is 8.76. The van der Waals surface area contributed by atoms with Crippen molar-refractivity contribution in [2.75, 3.05) is 29.9 Å². The number of ether oxygens (including phenoxy) is 1. The summed E-state index contributed by atoms with van der Waals surface area (Å²) in [5, 5.41) is 2.66. The van der Waals surface area contributed by atoms with Crippen molar-refractivity contribution in [2.45, 2.75) is 6.92 Å². The molecule has 0 radical (unpaired) electrons. The van der Waals surface area contributed by atoms with Crippen LogP contribution in [0.5, 0.6) is 5.75 Å². The summed E-state index contributed by atoms with van der Waals surface area (Å²) in [6, 6.07) is 11.4. The average Bonchev–Trinajstić information content (AvgIpc) is 2.92. The minimum Gasteiger partial charge on any atom is -0.489 e. The summed E-state index contributed by atoms with van der Waals surface area (Å²) >= 11 is 0. The summed E-state index contributed by atoms with van der Waals surface area (Å²) in [5.41, 5.74) is 1.68. The summed E-state index contributed by atoms with van der Waals surface area (Å²) in [5.74, 6) is -1.08. The Morgan fingerprint density at radius 2 is 1.75 bits per heavy atom. The molecule has 142 valence electrons. The molecule has 4 amide bonds. The number of carbonyl (C=O) groups excluding carboxylic acids is 4. The van der Waals surface area contributed by atoms with Crippen molar-refractivity contribution in [1.29, 1.82) is 0 Å². The van der Waals surface area contributed by atoms with Gasteiger partial charge in [-0.15, -0.1) is 0 Å². The van der Waals surface area contributed by atoms with Gasteiger partial charge < -0.3 is 15.0 Å². The van der Waals surface area contributed by atoms with Gasteiger partial charge in [0.1, 0.15) is 18.9 Å². The number of carbonyl (C=O) groups is 4. The van der Waals surface area contributed by atoms with Crippen molar-refractivity contribution in [2.24, 2.45) is 0 Å². The number of anilines is 2. The second kappa shape index (κ2) is 6.80. The molecule has 2 heterocycles. The third kappa shape index (κ3) is 2.98. The molecule has 0 saturated heterocycles. The van der Waals surface area contributed by atoms with Crippen molar-refractivity contribution in [1.82, 2.24) is 4.90 Å². The summed E-state index contributed by atoms with van der Waals surface area (Å²) in [7, 11) is 0. The molecule has 2 aromatic rings. The highest BCUT2D eigenvalue weighted by atomic mass is 16.5. The number of nitrogens with one attached hydrogen (secondary N) is 1. The van der Waals surface area contributed by atoms with Crippen molar-refractivity contribution in [3.05, 3.63) is 53.6 Å². The molecule has 0 fully saturated rings. The van der Waals surface area contributed by atoms with Gasteiger partial charge >= 0.3 is 0 Å². The summed E-state index contributed by atoms with van der Waals surface area (Å²) in [6.45, 7) is 1.92. The molecule has 0 unspecified atom stereocenters. The molecular weight excluding hydrogens is 362 g/mol. The number of imide groups is 1. The number of rotatable bonds is 3. The highest BCUT2D eigenvalue weighted by Gasteiger charge is 2.36. The smallest absolute Gasteiger partial charge is 0.262 e. The second-order valence-electron chi connectivity index (χ2n) is 6.49. The van der Waals surface area contributed by atoms with E-state index in [1.807, 2.05) is 0 Å². The summed E-state index contributed by atoms with van der Waals surface area (Å²) < 4.78 is 5.57. The lowest BCUT2D eigenvalue weighted by atomic mass is 10.1. The lowest BCUT2D eigenvalue weighted by molar-refractivity contribution is -0.117. The predicted octanol–water partition coefficient (Wildman–Crippen LogP) is 1.67. The van der Waals surface area contributed by atoms with Gasteiger partial charge in [0.15, 0.2) is 0 Å². The molecule has 0 aromatic heterocycles. The zero-order chi connectivity index (χ0) is 19.8. The number of nitrogens with zero attached hydrogens (tertiary/aromatic N) is 2. The van der Waals surface area contributed by atoms with Crippen molar-refractivity contribution < 1.29 is 23.9 Å².